The summed E-state index contributed by atoms with van der Waals surface area (Å²) in [5, 5.41) is 9.80. The molecule has 2 heterocycles. The fourth-order valence-electron chi connectivity index (χ4n) is 2.40. The van der Waals surface area contributed by atoms with Crippen LogP contribution >= 0.6 is 22.9 Å². The van der Waals surface area contributed by atoms with Crippen molar-refractivity contribution in [3.8, 4) is 11.3 Å². The lowest BCUT2D eigenvalue weighted by atomic mass is 10.1. The number of anilines is 1. The topological polar surface area (TPSA) is 68.0 Å². The molecule has 0 radical (unpaired) electrons. The molecule has 5 nitrogen and oxygen atoms in total. The number of nitrogens with one attached hydrogen (secondary N) is 1. The summed E-state index contributed by atoms with van der Waals surface area (Å²) in [4.78, 5) is 16.6. The predicted molar refractivity (Wildman–Crippen MR) is 95.5 cm³/mol. The zero-order chi connectivity index (χ0) is 17.1. The zero-order valence-corrected chi connectivity index (χ0v) is 14.9. The highest BCUT2D eigenvalue weighted by atomic mass is 35.5. The van der Waals surface area contributed by atoms with Crippen LogP contribution in [0.5, 0.6) is 0 Å². The summed E-state index contributed by atoms with van der Waals surface area (Å²) in [6, 6.07) is 7.50. The summed E-state index contributed by atoms with van der Waals surface area (Å²) >= 11 is 7.55. The first-order valence-corrected chi connectivity index (χ1v) is 8.72. The van der Waals surface area contributed by atoms with Gasteiger partial charge in [-0.1, -0.05) is 35.0 Å². The Morgan fingerprint density at radius 3 is 2.83 bits per heavy atom. The van der Waals surface area contributed by atoms with Crippen molar-refractivity contribution in [2.24, 2.45) is 0 Å². The molecule has 0 saturated carbocycles. The molecule has 0 bridgehead atoms. The van der Waals surface area contributed by atoms with E-state index in [1.165, 1.54) is 11.3 Å². The second-order valence-corrected chi connectivity index (χ2v) is 6.63. The number of aromatic nitrogens is 2. The van der Waals surface area contributed by atoms with E-state index in [-0.39, 0.29) is 5.91 Å². The van der Waals surface area contributed by atoms with Gasteiger partial charge in [0.05, 0.1) is 11.4 Å². The lowest BCUT2D eigenvalue weighted by Gasteiger charge is -2.02. The average Bonchev–Trinajstić information content (AvgIpc) is 3.13. The Bertz CT molecular complexity index is 853. The van der Waals surface area contributed by atoms with Crippen molar-refractivity contribution in [2.45, 2.75) is 26.7 Å². The van der Waals surface area contributed by atoms with E-state index < -0.39 is 0 Å². The smallest absolute Gasteiger partial charge is 0.226 e. The van der Waals surface area contributed by atoms with Gasteiger partial charge in [0.15, 0.2) is 5.13 Å². The number of hydrogen-bond acceptors (Lipinski definition) is 5. The standard InChI is InChI=1S/C17H16ClN3O2S/c1-10-12(11(2)23-21-10)7-8-16(22)20-17-19-15(9-24-17)13-5-3-4-6-14(13)18/h3-6,9H,7-8H2,1-2H3,(H,19,20,22). The van der Waals surface area contributed by atoms with Gasteiger partial charge in [0.1, 0.15) is 5.76 Å². The number of halogens is 1. The number of hydrogen-bond donors (Lipinski definition) is 1. The first kappa shape index (κ1) is 16.7. The van der Waals surface area contributed by atoms with Crippen LogP contribution in [0.1, 0.15) is 23.4 Å². The Morgan fingerprint density at radius 1 is 1.33 bits per heavy atom. The van der Waals surface area contributed by atoms with Crippen LogP contribution in [0.2, 0.25) is 5.02 Å². The third-order valence-electron chi connectivity index (χ3n) is 3.68. The highest BCUT2D eigenvalue weighted by Gasteiger charge is 2.13. The first-order valence-electron chi connectivity index (χ1n) is 7.46. The van der Waals surface area contributed by atoms with Crippen molar-refractivity contribution in [1.82, 2.24) is 10.1 Å². The minimum Gasteiger partial charge on any atom is -0.361 e. The van der Waals surface area contributed by atoms with Gasteiger partial charge in [-0.05, 0) is 26.3 Å². The summed E-state index contributed by atoms with van der Waals surface area (Å²) in [5.41, 5.74) is 3.43. The normalized spacial score (nSPS) is 10.8. The van der Waals surface area contributed by atoms with Gasteiger partial charge in [0, 0.05) is 28.0 Å². The SMILES string of the molecule is Cc1noc(C)c1CCC(=O)Nc1nc(-c2ccccc2Cl)cs1. The highest BCUT2D eigenvalue weighted by Crippen LogP contribution is 2.30. The van der Waals surface area contributed by atoms with Crippen molar-refractivity contribution in [3.63, 3.8) is 0 Å². The van der Waals surface area contributed by atoms with E-state index in [9.17, 15) is 4.79 Å². The van der Waals surface area contributed by atoms with Crippen LogP contribution in [0, 0.1) is 13.8 Å². The van der Waals surface area contributed by atoms with Gasteiger partial charge in [0.25, 0.3) is 0 Å². The van der Waals surface area contributed by atoms with Crippen molar-refractivity contribution >= 4 is 34.0 Å². The molecule has 7 heteroatoms. The molecule has 124 valence electrons. The van der Waals surface area contributed by atoms with Gasteiger partial charge in [-0.15, -0.1) is 11.3 Å². The van der Waals surface area contributed by atoms with Crippen LogP contribution in [0.3, 0.4) is 0 Å². The molecular weight excluding hydrogens is 346 g/mol. The molecule has 0 saturated heterocycles. The Kier molecular flexibility index (Phi) is 4.97. The molecule has 0 spiro atoms. The van der Waals surface area contributed by atoms with E-state index in [0.717, 1.165) is 28.3 Å². The number of thiazole rings is 1. The number of benzene rings is 1. The molecule has 0 aliphatic heterocycles. The van der Waals surface area contributed by atoms with Crippen molar-refractivity contribution in [1.29, 1.82) is 0 Å². The molecule has 0 fully saturated rings. The van der Waals surface area contributed by atoms with Gasteiger partial charge in [-0.25, -0.2) is 4.98 Å². The van der Waals surface area contributed by atoms with Crippen LogP contribution < -0.4 is 5.32 Å². The van der Waals surface area contributed by atoms with E-state index in [1.54, 1.807) is 0 Å². The van der Waals surface area contributed by atoms with Crippen molar-refractivity contribution in [3.05, 3.63) is 51.7 Å². The summed E-state index contributed by atoms with van der Waals surface area (Å²) < 4.78 is 5.10. The van der Waals surface area contributed by atoms with E-state index >= 15 is 0 Å². The summed E-state index contributed by atoms with van der Waals surface area (Å²) in [6.07, 6.45) is 0.944. The summed E-state index contributed by atoms with van der Waals surface area (Å²) in [5.74, 6) is 0.672. The number of aryl methyl sites for hydroxylation is 2. The van der Waals surface area contributed by atoms with Gasteiger partial charge in [0.2, 0.25) is 5.91 Å². The number of rotatable bonds is 5. The molecule has 3 aromatic rings. The Morgan fingerprint density at radius 2 is 2.12 bits per heavy atom. The van der Waals surface area contributed by atoms with E-state index in [1.807, 2.05) is 43.5 Å². The Balaban J connectivity index is 1.63. The zero-order valence-electron chi connectivity index (χ0n) is 13.3. The molecule has 0 aliphatic rings. The van der Waals surface area contributed by atoms with Gasteiger partial charge < -0.3 is 9.84 Å². The lowest BCUT2D eigenvalue weighted by molar-refractivity contribution is -0.116. The molecular formula is C17H16ClN3O2S. The molecule has 3 rings (SSSR count). The quantitative estimate of drug-likeness (QED) is 0.718. The van der Waals surface area contributed by atoms with Crippen LogP contribution in [0.15, 0.2) is 34.2 Å². The number of amides is 1. The van der Waals surface area contributed by atoms with Crippen LogP contribution in [-0.4, -0.2) is 16.0 Å². The van der Waals surface area contributed by atoms with E-state index in [0.29, 0.717) is 23.0 Å². The molecule has 2 aromatic heterocycles. The molecule has 1 N–H and O–H groups in total. The number of nitrogens with zero attached hydrogens (tertiary/aromatic N) is 2. The molecule has 0 unspecified atom stereocenters. The van der Waals surface area contributed by atoms with Gasteiger partial charge in [-0.2, -0.15) is 0 Å². The highest BCUT2D eigenvalue weighted by molar-refractivity contribution is 7.14. The predicted octanol–water partition coefficient (Wildman–Crippen LogP) is 4.64. The Labute approximate surface area is 148 Å². The van der Waals surface area contributed by atoms with Crippen LogP contribution in [0.4, 0.5) is 5.13 Å². The monoisotopic (exact) mass is 361 g/mol. The van der Waals surface area contributed by atoms with Crippen LogP contribution in [0.25, 0.3) is 11.3 Å². The fourth-order valence-corrected chi connectivity index (χ4v) is 3.36. The average molecular weight is 362 g/mol. The number of carbonyl (C=O) groups excluding carboxylic acids is 1. The maximum atomic E-state index is 12.1. The minimum absolute atomic E-state index is 0.0879. The fraction of sp³-hybridized carbons (Fsp3) is 0.235. The molecule has 1 aromatic carbocycles. The second-order valence-electron chi connectivity index (χ2n) is 5.37. The minimum atomic E-state index is -0.0879. The van der Waals surface area contributed by atoms with Crippen LogP contribution in [-0.2, 0) is 11.2 Å². The Hall–Kier alpha value is -2.18. The molecule has 0 atom stereocenters. The third-order valence-corrected chi connectivity index (χ3v) is 4.77. The van der Waals surface area contributed by atoms with Crippen molar-refractivity contribution in [2.75, 3.05) is 5.32 Å². The first-order chi connectivity index (χ1) is 11.5. The molecule has 24 heavy (non-hydrogen) atoms. The summed E-state index contributed by atoms with van der Waals surface area (Å²) in [6.45, 7) is 3.73. The van der Waals surface area contributed by atoms with Crippen molar-refractivity contribution < 1.29 is 9.32 Å². The van der Waals surface area contributed by atoms with Gasteiger partial charge in [-0.3, -0.25) is 4.79 Å². The number of carbonyl (C=O) groups is 1. The maximum Gasteiger partial charge on any atom is 0.226 e. The van der Waals surface area contributed by atoms with Gasteiger partial charge >= 0.3 is 0 Å². The van der Waals surface area contributed by atoms with E-state index in [2.05, 4.69) is 15.5 Å². The lowest BCUT2D eigenvalue weighted by Crippen LogP contribution is -2.12. The second kappa shape index (κ2) is 7.15. The molecule has 1 amide bonds. The largest absolute Gasteiger partial charge is 0.361 e. The van der Waals surface area contributed by atoms with E-state index in [4.69, 9.17) is 16.1 Å². The molecule has 0 aliphatic carbocycles. The third kappa shape index (κ3) is 3.66. The summed E-state index contributed by atoms with van der Waals surface area (Å²) in [7, 11) is 0. The maximum absolute atomic E-state index is 12.1.